The zero-order valence-electron chi connectivity index (χ0n) is 12.2. The summed E-state index contributed by atoms with van der Waals surface area (Å²) in [5, 5.41) is 1.82. The van der Waals surface area contributed by atoms with Gasteiger partial charge in [-0.2, -0.15) is 0 Å². The molecule has 0 radical (unpaired) electrons. The zero-order chi connectivity index (χ0) is 15.8. The number of benzene rings is 1. The van der Waals surface area contributed by atoms with Crippen molar-refractivity contribution in [2.45, 2.75) is 13.0 Å². The van der Waals surface area contributed by atoms with Gasteiger partial charge >= 0.3 is 0 Å². The number of fused-ring (bicyclic) bond motifs is 3. The summed E-state index contributed by atoms with van der Waals surface area (Å²) in [6, 6.07) is 11.5. The Morgan fingerprint density at radius 2 is 1.74 bits per heavy atom. The zero-order valence-corrected chi connectivity index (χ0v) is 12.2. The van der Waals surface area contributed by atoms with Gasteiger partial charge in [-0.1, -0.05) is 18.2 Å². The number of hydrogen-bond donors (Lipinski definition) is 0. The second-order valence-corrected chi connectivity index (χ2v) is 5.37. The van der Waals surface area contributed by atoms with E-state index >= 15 is 0 Å². The molecule has 4 aromatic rings. The minimum Gasteiger partial charge on any atom is -0.335 e. The van der Waals surface area contributed by atoms with Crippen LogP contribution in [0.1, 0.15) is 0 Å². The number of alkyl halides is 2. The molecule has 0 aliphatic carbocycles. The molecule has 23 heavy (non-hydrogen) atoms. The number of halogens is 2. The lowest BCUT2D eigenvalue weighted by Gasteiger charge is -2.07. The van der Waals surface area contributed by atoms with Crippen LogP contribution in [-0.4, -0.2) is 21.0 Å². The summed E-state index contributed by atoms with van der Waals surface area (Å²) in [4.78, 5) is 8.24. The van der Waals surface area contributed by atoms with E-state index in [1.165, 1.54) is 0 Å². The van der Waals surface area contributed by atoms with Crippen LogP contribution in [0.3, 0.4) is 0 Å². The van der Waals surface area contributed by atoms with Gasteiger partial charge in [0.2, 0.25) is 0 Å². The monoisotopic (exact) mass is 309 g/mol. The minimum atomic E-state index is -2.41. The third-order valence-electron chi connectivity index (χ3n) is 3.98. The number of aromatic nitrogens is 3. The highest BCUT2D eigenvalue weighted by Gasteiger charge is 2.14. The normalized spacial score (nSPS) is 11.6. The van der Waals surface area contributed by atoms with E-state index in [4.69, 9.17) is 0 Å². The Hall–Kier alpha value is -2.82. The molecule has 0 unspecified atom stereocenters. The Morgan fingerprint density at radius 3 is 2.52 bits per heavy atom. The SMILES string of the molecule is FC(F)Cn1c2ccncc2c2ccc(-c3cccnc3)cc21. The molecular formula is C18H13F2N3. The van der Waals surface area contributed by atoms with E-state index in [2.05, 4.69) is 9.97 Å². The van der Waals surface area contributed by atoms with Gasteiger partial charge < -0.3 is 4.57 Å². The molecule has 0 amide bonds. The van der Waals surface area contributed by atoms with Gasteiger partial charge in [0.25, 0.3) is 6.43 Å². The van der Waals surface area contributed by atoms with Crippen LogP contribution in [0.5, 0.6) is 0 Å². The van der Waals surface area contributed by atoms with Gasteiger partial charge in [-0.05, 0) is 23.8 Å². The molecule has 0 N–H and O–H groups in total. The molecule has 3 heterocycles. The van der Waals surface area contributed by atoms with Crippen molar-refractivity contribution in [2.24, 2.45) is 0 Å². The summed E-state index contributed by atoms with van der Waals surface area (Å²) in [6.45, 7) is -0.333. The fourth-order valence-electron chi connectivity index (χ4n) is 2.99. The Labute approximate surface area is 131 Å². The van der Waals surface area contributed by atoms with Crippen LogP contribution in [0.4, 0.5) is 8.78 Å². The largest absolute Gasteiger partial charge is 0.335 e. The summed E-state index contributed by atoms with van der Waals surface area (Å²) in [5.41, 5.74) is 3.48. The van der Waals surface area contributed by atoms with Crippen molar-refractivity contribution in [3.63, 3.8) is 0 Å². The molecule has 0 spiro atoms. The van der Waals surface area contributed by atoms with Gasteiger partial charge in [-0.15, -0.1) is 0 Å². The van der Waals surface area contributed by atoms with Crippen LogP contribution in [0, 0.1) is 0 Å². The average molecular weight is 309 g/mol. The predicted molar refractivity (Wildman–Crippen MR) is 86.5 cm³/mol. The third kappa shape index (κ3) is 2.34. The predicted octanol–water partition coefficient (Wildman–Crippen LogP) is 4.52. The Morgan fingerprint density at radius 1 is 0.870 bits per heavy atom. The number of pyridine rings is 2. The quantitative estimate of drug-likeness (QED) is 0.557. The number of hydrogen-bond acceptors (Lipinski definition) is 2. The fraction of sp³-hybridized carbons (Fsp3) is 0.111. The molecule has 1 aromatic carbocycles. The molecule has 3 nitrogen and oxygen atoms in total. The van der Waals surface area contributed by atoms with Crippen LogP contribution in [-0.2, 0) is 6.54 Å². The van der Waals surface area contributed by atoms with Gasteiger partial charge in [0.15, 0.2) is 0 Å². The average Bonchev–Trinajstić information content (AvgIpc) is 2.89. The number of nitrogens with zero attached hydrogens (tertiary/aromatic N) is 3. The highest BCUT2D eigenvalue weighted by molar-refractivity contribution is 6.08. The lowest BCUT2D eigenvalue weighted by Crippen LogP contribution is -2.06. The molecule has 4 rings (SSSR count). The summed E-state index contributed by atoms with van der Waals surface area (Å²) >= 11 is 0. The minimum absolute atomic E-state index is 0.333. The fourth-order valence-corrected chi connectivity index (χ4v) is 2.99. The topological polar surface area (TPSA) is 30.7 Å². The maximum atomic E-state index is 13.0. The van der Waals surface area contributed by atoms with E-state index in [-0.39, 0.29) is 6.54 Å². The highest BCUT2D eigenvalue weighted by Crippen LogP contribution is 2.32. The summed E-state index contributed by atoms with van der Waals surface area (Å²) < 4.78 is 27.7. The molecule has 0 aliphatic rings. The third-order valence-corrected chi connectivity index (χ3v) is 3.98. The lowest BCUT2D eigenvalue weighted by atomic mass is 10.1. The first-order chi connectivity index (χ1) is 11.2. The first kappa shape index (κ1) is 13.8. The van der Waals surface area contributed by atoms with Crippen molar-refractivity contribution in [1.82, 2.24) is 14.5 Å². The molecule has 114 valence electrons. The van der Waals surface area contributed by atoms with Crippen LogP contribution in [0.25, 0.3) is 32.9 Å². The van der Waals surface area contributed by atoms with Gasteiger partial charge in [-0.3, -0.25) is 9.97 Å². The van der Waals surface area contributed by atoms with Crippen molar-refractivity contribution < 1.29 is 8.78 Å². The van der Waals surface area contributed by atoms with Crippen molar-refractivity contribution >= 4 is 21.8 Å². The molecule has 0 bridgehead atoms. The van der Waals surface area contributed by atoms with Crippen LogP contribution in [0.2, 0.25) is 0 Å². The van der Waals surface area contributed by atoms with E-state index < -0.39 is 6.43 Å². The molecule has 3 aromatic heterocycles. The van der Waals surface area contributed by atoms with Gasteiger partial charge in [0.05, 0.1) is 12.1 Å². The van der Waals surface area contributed by atoms with Crippen molar-refractivity contribution in [2.75, 3.05) is 0 Å². The van der Waals surface area contributed by atoms with Crippen molar-refractivity contribution in [3.05, 3.63) is 61.2 Å². The molecular weight excluding hydrogens is 296 g/mol. The van der Waals surface area contributed by atoms with Gasteiger partial charge in [0.1, 0.15) is 0 Å². The molecule has 5 heteroatoms. The Bertz CT molecular complexity index is 978. The van der Waals surface area contributed by atoms with E-state index in [9.17, 15) is 8.78 Å². The van der Waals surface area contributed by atoms with E-state index in [1.54, 1.807) is 35.4 Å². The molecule has 0 saturated carbocycles. The van der Waals surface area contributed by atoms with Crippen molar-refractivity contribution in [3.8, 4) is 11.1 Å². The van der Waals surface area contributed by atoms with Crippen molar-refractivity contribution in [1.29, 1.82) is 0 Å². The Kier molecular flexibility index (Phi) is 3.26. The number of rotatable bonds is 3. The maximum absolute atomic E-state index is 13.0. The van der Waals surface area contributed by atoms with E-state index in [0.29, 0.717) is 0 Å². The van der Waals surface area contributed by atoms with Crippen LogP contribution in [0.15, 0.2) is 61.2 Å². The molecule has 0 saturated heterocycles. The molecule has 0 fully saturated rings. The highest BCUT2D eigenvalue weighted by atomic mass is 19.3. The van der Waals surface area contributed by atoms with Gasteiger partial charge in [0, 0.05) is 46.6 Å². The summed E-state index contributed by atoms with van der Waals surface area (Å²) in [7, 11) is 0. The van der Waals surface area contributed by atoms with Crippen LogP contribution >= 0.6 is 0 Å². The molecule has 0 aliphatic heterocycles. The summed E-state index contributed by atoms with van der Waals surface area (Å²) in [6.07, 6.45) is 4.42. The standard InChI is InChI=1S/C18H13F2N3/c19-18(20)11-23-16-5-7-22-10-15(16)14-4-3-12(8-17(14)23)13-2-1-6-21-9-13/h1-10,18H,11H2. The summed E-state index contributed by atoms with van der Waals surface area (Å²) in [5.74, 6) is 0. The second kappa shape index (κ2) is 5.43. The maximum Gasteiger partial charge on any atom is 0.256 e. The first-order valence-corrected chi connectivity index (χ1v) is 7.28. The first-order valence-electron chi connectivity index (χ1n) is 7.28. The second-order valence-electron chi connectivity index (χ2n) is 5.37. The smallest absolute Gasteiger partial charge is 0.256 e. The van der Waals surface area contributed by atoms with Crippen LogP contribution < -0.4 is 0 Å². The van der Waals surface area contributed by atoms with Gasteiger partial charge in [-0.25, -0.2) is 8.78 Å². The Balaban J connectivity index is 2.01. The molecule has 0 atom stereocenters. The van der Waals surface area contributed by atoms with E-state index in [0.717, 1.165) is 32.9 Å². The lowest BCUT2D eigenvalue weighted by molar-refractivity contribution is 0.129. The van der Waals surface area contributed by atoms with E-state index in [1.807, 2.05) is 30.3 Å².